The molecule has 2 heterocycles. The van der Waals surface area contributed by atoms with Crippen LogP contribution in [0.5, 0.6) is 11.5 Å². The van der Waals surface area contributed by atoms with Crippen LogP contribution in [0.3, 0.4) is 0 Å². The third-order valence-corrected chi connectivity index (χ3v) is 7.16. The molecule has 198 valence electrons. The summed E-state index contributed by atoms with van der Waals surface area (Å²) in [5.74, 6) is -2.21. The average Bonchev–Trinajstić information content (AvgIpc) is 3.57. The van der Waals surface area contributed by atoms with Gasteiger partial charge in [-0.05, 0) is 62.1 Å². The molecule has 11 heteroatoms. The van der Waals surface area contributed by atoms with Gasteiger partial charge in [0.25, 0.3) is 5.91 Å². The Balaban J connectivity index is 1.42. The zero-order valence-corrected chi connectivity index (χ0v) is 20.4. The summed E-state index contributed by atoms with van der Waals surface area (Å²) in [6.45, 7) is 0.129. The first-order valence-corrected chi connectivity index (χ1v) is 12.2. The number of carbonyl (C=O) groups excluding carboxylic acids is 2. The van der Waals surface area contributed by atoms with E-state index in [-0.39, 0.29) is 46.9 Å². The van der Waals surface area contributed by atoms with Crippen LogP contribution < -0.4 is 16.2 Å². The predicted octanol–water partition coefficient (Wildman–Crippen LogP) is 3.55. The Morgan fingerprint density at radius 2 is 1.89 bits per heavy atom. The Hall–Kier alpha value is -4.25. The van der Waals surface area contributed by atoms with Gasteiger partial charge in [0, 0.05) is 29.8 Å². The summed E-state index contributed by atoms with van der Waals surface area (Å²) in [4.78, 5) is 27.0. The molecule has 5 rings (SSSR count). The van der Waals surface area contributed by atoms with Crippen molar-refractivity contribution >= 4 is 17.6 Å². The molecule has 9 nitrogen and oxygen atoms in total. The van der Waals surface area contributed by atoms with E-state index in [1.54, 1.807) is 33.8 Å². The molecule has 2 fully saturated rings. The van der Waals surface area contributed by atoms with Gasteiger partial charge < -0.3 is 26.2 Å². The van der Waals surface area contributed by atoms with Crippen LogP contribution in [0.2, 0.25) is 0 Å². The van der Waals surface area contributed by atoms with Gasteiger partial charge in [-0.15, -0.1) is 0 Å². The summed E-state index contributed by atoms with van der Waals surface area (Å²) in [6.07, 6.45) is 6.10. The van der Waals surface area contributed by atoms with Crippen LogP contribution in [-0.2, 0) is 4.79 Å². The van der Waals surface area contributed by atoms with Crippen LogP contribution in [0.1, 0.15) is 42.1 Å². The summed E-state index contributed by atoms with van der Waals surface area (Å²) in [5, 5.41) is 13.7. The Morgan fingerprint density at radius 3 is 2.53 bits per heavy atom. The van der Waals surface area contributed by atoms with E-state index in [1.807, 2.05) is 0 Å². The van der Waals surface area contributed by atoms with Gasteiger partial charge in [-0.25, -0.2) is 13.5 Å². The molecule has 1 spiro atoms. The summed E-state index contributed by atoms with van der Waals surface area (Å²) in [7, 11) is 0. The van der Waals surface area contributed by atoms with Crippen molar-refractivity contribution in [1.29, 1.82) is 0 Å². The Morgan fingerprint density at radius 1 is 1.16 bits per heavy atom. The number of nitrogen functional groups attached to an aromatic ring is 1. The van der Waals surface area contributed by atoms with Crippen LogP contribution >= 0.6 is 0 Å². The van der Waals surface area contributed by atoms with Crippen molar-refractivity contribution in [2.24, 2.45) is 5.73 Å². The van der Waals surface area contributed by atoms with Crippen LogP contribution in [0.25, 0.3) is 11.3 Å². The summed E-state index contributed by atoms with van der Waals surface area (Å²) in [6, 6.07) is 9.11. The zero-order chi connectivity index (χ0) is 27.0. The number of carbonyl (C=O) groups is 2. The fraction of sp³-hybridized carbons (Fsp3) is 0.296. The largest absolute Gasteiger partial charge is 0.454 e. The summed E-state index contributed by atoms with van der Waals surface area (Å²) in [5.41, 5.74) is 12.7. The maximum atomic E-state index is 14.0. The number of rotatable bonds is 7. The maximum absolute atomic E-state index is 14.0. The summed E-state index contributed by atoms with van der Waals surface area (Å²) < 4.78 is 34.2. The molecule has 0 bridgehead atoms. The standard InChI is InChI=1S/C27H27F2N5O4/c28-17-5-8-21(20(29)14-17)38-19-6-3-16(4-7-19)24-23(26(31)37)25(30)34(32-24)18-9-10-27(11-12-27)33(15-18)22(36)2-1-13-35/h1-8,14,18,35H,9-13,15,30H2,(H2,31,37). The number of aliphatic hydroxyl groups is 1. The quantitative estimate of drug-likeness (QED) is 0.405. The van der Waals surface area contributed by atoms with Gasteiger partial charge in [0.2, 0.25) is 5.91 Å². The van der Waals surface area contributed by atoms with Crippen LogP contribution in [-0.4, -0.2) is 50.3 Å². The number of nitrogens with two attached hydrogens (primary N) is 2. The number of nitrogens with zero attached hydrogens (tertiary/aromatic N) is 3. The first-order chi connectivity index (χ1) is 18.2. The number of piperidine rings is 1. The first-order valence-electron chi connectivity index (χ1n) is 12.2. The van der Waals surface area contributed by atoms with E-state index in [0.29, 0.717) is 24.3 Å². The second-order valence-corrected chi connectivity index (χ2v) is 9.57. The monoisotopic (exact) mass is 523 g/mol. The van der Waals surface area contributed by atoms with E-state index in [1.165, 1.54) is 18.2 Å². The number of primary amides is 1. The van der Waals surface area contributed by atoms with Crippen molar-refractivity contribution in [3.63, 3.8) is 0 Å². The van der Waals surface area contributed by atoms with Gasteiger partial charge in [-0.1, -0.05) is 6.08 Å². The fourth-order valence-corrected chi connectivity index (χ4v) is 5.03. The van der Waals surface area contributed by atoms with E-state index in [2.05, 4.69) is 5.10 Å². The molecule has 1 aromatic heterocycles. The van der Waals surface area contributed by atoms with Crippen LogP contribution in [0, 0.1) is 11.6 Å². The van der Waals surface area contributed by atoms with E-state index < -0.39 is 17.5 Å². The van der Waals surface area contributed by atoms with Crippen molar-refractivity contribution in [2.75, 3.05) is 18.9 Å². The smallest absolute Gasteiger partial charge is 0.254 e. The van der Waals surface area contributed by atoms with Crippen LogP contribution in [0.4, 0.5) is 14.6 Å². The molecular weight excluding hydrogens is 496 g/mol. The molecule has 1 unspecified atom stereocenters. The minimum atomic E-state index is -0.837. The van der Waals surface area contributed by atoms with Gasteiger partial charge >= 0.3 is 0 Å². The van der Waals surface area contributed by atoms with Gasteiger partial charge in [0.15, 0.2) is 11.6 Å². The Labute approximate surface area is 217 Å². The molecule has 3 aromatic rings. The van der Waals surface area contributed by atoms with Crippen LogP contribution in [0.15, 0.2) is 54.6 Å². The maximum Gasteiger partial charge on any atom is 0.254 e. The number of aliphatic hydroxyl groups excluding tert-OH is 1. The third kappa shape index (κ3) is 4.72. The third-order valence-electron chi connectivity index (χ3n) is 7.16. The molecule has 1 saturated heterocycles. The number of ether oxygens (including phenoxy) is 1. The lowest BCUT2D eigenvalue weighted by Crippen LogP contribution is -2.48. The molecular formula is C27H27F2N5O4. The number of anilines is 1. The highest BCUT2D eigenvalue weighted by Crippen LogP contribution is 2.50. The lowest BCUT2D eigenvalue weighted by atomic mass is 9.96. The molecule has 1 aliphatic carbocycles. The Kier molecular flexibility index (Phi) is 6.62. The highest BCUT2D eigenvalue weighted by Gasteiger charge is 2.52. The van der Waals surface area contributed by atoms with E-state index in [9.17, 15) is 18.4 Å². The highest BCUT2D eigenvalue weighted by molar-refractivity contribution is 6.03. The van der Waals surface area contributed by atoms with E-state index in [0.717, 1.165) is 31.4 Å². The van der Waals surface area contributed by atoms with Crippen molar-refractivity contribution in [3.8, 4) is 22.8 Å². The topological polar surface area (TPSA) is 137 Å². The molecule has 2 aromatic carbocycles. The first kappa shape index (κ1) is 25.4. The highest BCUT2D eigenvalue weighted by atomic mass is 19.1. The van der Waals surface area contributed by atoms with Gasteiger partial charge in [-0.3, -0.25) is 9.59 Å². The zero-order valence-electron chi connectivity index (χ0n) is 20.4. The molecule has 0 radical (unpaired) electrons. The number of likely N-dealkylation sites (tertiary alicyclic amines) is 1. The molecule has 5 N–H and O–H groups in total. The summed E-state index contributed by atoms with van der Waals surface area (Å²) >= 11 is 0. The number of aromatic nitrogens is 2. The average molecular weight is 524 g/mol. The van der Waals surface area contributed by atoms with Gasteiger partial charge in [0.1, 0.15) is 28.6 Å². The molecule has 1 aliphatic heterocycles. The number of halogens is 2. The Bertz CT molecular complexity index is 1420. The molecule has 2 aliphatic rings. The number of benzene rings is 2. The number of hydrogen-bond acceptors (Lipinski definition) is 6. The minimum absolute atomic E-state index is 0.0630. The van der Waals surface area contributed by atoms with Gasteiger partial charge in [-0.2, -0.15) is 5.10 Å². The molecule has 2 amide bonds. The van der Waals surface area contributed by atoms with Crippen molar-refractivity contribution in [1.82, 2.24) is 14.7 Å². The minimum Gasteiger partial charge on any atom is -0.454 e. The molecule has 1 saturated carbocycles. The van der Waals surface area contributed by atoms with Crippen molar-refractivity contribution in [3.05, 3.63) is 71.8 Å². The predicted molar refractivity (Wildman–Crippen MR) is 135 cm³/mol. The molecule has 1 atom stereocenters. The van der Waals surface area contributed by atoms with Crippen molar-refractivity contribution < 1.29 is 28.2 Å². The normalized spacial score (nSPS) is 18.2. The number of hydrogen-bond donors (Lipinski definition) is 3. The van der Waals surface area contributed by atoms with Gasteiger partial charge in [0.05, 0.1) is 12.6 Å². The second-order valence-electron chi connectivity index (χ2n) is 9.57. The lowest BCUT2D eigenvalue weighted by molar-refractivity contribution is -0.131. The SMILES string of the molecule is NC(=O)c1c(-c2ccc(Oc3ccc(F)cc3F)cc2)nn(C2CCC3(CC3)N(C(=O)C=CCO)C2)c1N. The van der Waals surface area contributed by atoms with Crippen molar-refractivity contribution in [2.45, 2.75) is 37.3 Å². The molecule has 38 heavy (non-hydrogen) atoms. The van der Waals surface area contributed by atoms with E-state index in [4.69, 9.17) is 21.3 Å². The van der Waals surface area contributed by atoms with E-state index >= 15 is 0 Å². The number of amides is 2. The second kappa shape index (κ2) is 9.90. The fourth-order valence-electron chi connectivity index (χ4n) is 5.03. The lowest BCUT2D eigenvalue weighted by Gasteiger charge is -2.40.